The lowest BCUT2D eigenvalue weighted by Gasteiger charge is -2.06. The molecule has 2 aromatic carbocycles. The highest BCUT2D eigenvalue weighted by Gasteiger charge is 2.06. The molecule has 0 saturated carbocycles. The predicted octanol–water partition coefficient (Wildman–Crippen LogP) is 5.73. The van der Waals surface area contributed by atoms with Crippen LogP contribution < -0.4 is 0 Å². The van der Waals surface area contributed by atoms with Crippen LogP contribution in [0.15, 0.2) is 61.3 Å². The molecule has 0 radical (unpaired) electrons. The molecule has 0 aliphatic carbocycles. The number of aromatic nitrogens is 2. The normalized spacial score (nSPS) is 12.5. The number of unbranched alkanes of at least 4 members (excludes halogenated alkanes) is 1. The highest BCUT2D eigenvalue weighted by atomic mass is 19.1. The first kappa shape index (κ1) is 19.9. The lowest BCUT2D eigenvalue weighted by molar-refractivity contribution is 0.182. The van der Waals surface area contributed by atoms with Gasteiger partial charge in [0.2, 0.25) is 0 Å². The minimum Gasteiger partial charge on any atom is -0.393 e. The number of fused-ring (bicyclic) bond motifs is 1. The second-order valence-electron chi connectivity index (χ2n) is 6.97. The Kier molecular flexibility index (Phi) is 6.66. The van der Waals surface area contributed by atoms with Crippen molar-refractivity contribution in [2.45, 2.75) is 38.7 Å². The number of hydrogen-bond donors (Lipinski definition) is 1. The van der Waals surface area contributed by atoms with E-state index in [0.29, 0.717) is 12.0 Å². The van der Waals surface area contributed by atoms with Crippen molar-refractivity contribution in [3.05, 3.63) is 78.5 Å². The van der Waals surface area contributed by atoms with Crippen LogP contribution in [0.4, 0.5) is 4.39 Å². The van der Waals surface area contributed by atoms with Crippen LogP contribution in [0.3, 0.4) is 0 Å². The topological polar surface area (TPSA) is 46.0 Å². The Morgan fingerprint density at radius 2 is 1.96 bits per heavy atom. The average Bonchev–Trinajstić information content (AvgIpc) is 2.68. The summed E-state index contributed by atoms with van der Waals surface area (Å²) in [5.74, 6) is 0.493. The maximum absolute atomic E-state index is 14.5. The number of aliphatic hydroxyl groups is 1. The van der Waals surface area contributed by atoms with Crippen LogP contribution in [0.2, 0.25) is 0 Å². The summed E-state index contributed by atoms with van der Waals surface area (Å²) in [4.78, 5) is 8.85. The SMILES string of the molecule is C=CCc1ncc2cc(-c3ccc(C=CCCCC(C)O)c(F)c3)ccc2n1. The van der Waals surface area contributed by atoms with Crippen molar-refractivity contribution < 1.29 is 9.50 Å². The number of aliphatic hydroxyl groups excluding tert-OH is 1. The van der Waals surface area contributed by atoms with E-state index >= 15 is 0 Å². The molecule has 3 rings (SSSR count). The van der Waals surface area contributed by atoms with E-state index in [1.165, 1.54) is 0 Å². The molecule has 1 atom stereocenters. The fraction of sp³-hybridized carbons (Fsp3) is 0.250. The van der Waals surface area contributed by atoms with Gasteiger partial charge in [-0.2, -0.15) is 0 Å². The Bertz CT molecular complexity index is 995. The van der Waals surface area contributed by atoms with Gasteiger partial charge in [0.15, 0.2) is 0 Å². The molecule has 0 aliphatic rings. The Labute approximate surface area is 165 Å². The molecule has 144 valence electrons. The largest absolute Gasteiger partial charge is 0.393 e. The molecule has 4 heteroatoms. The molecule has 28 heavy (non-hydrogen) atoms. The summed E-state index contributed by atoms with van der Waals surface area (Å²) in [6.45, 7) is 5.49. The summed E-state index contributed by atoms with van der Waals surface area (Å²) in [6.07, 6.45) is 10.2. The van der Waals surface area contributed by atoms with E-state index in [1.54, 1.807) is 37.4 Å². The van der Waals surface area contributed by atoms with Gasteiger partial charge >= 0.3 is 0 Å². The van der Waals surface area contributed by atoms with Crippen LogP contribution in [-0.2, 0) is 6.42 Å². The molecular formula is C24H25FN2O. The van der Waals surface area contributed by atoms with E-state index in [2.05, 4.69) is 16.5 Å². The van der Waals surface area contributed by atoms with E-state index in [9.17, 15) is 9.50 Å². The fourth-order valence-electron chi connectivity index (χ4n) is 3.06. The van der Waals surface area contributed by atoms with Crippen molar-refractivity contribution >= 4 is 17.0 Å². The zero-order valence-corrected chi connectivity index (χ0v) is 16.1. The summed E-state index contributed by atoms with van der Waals surface area (Å²) in [5.41, 5.74) is 3.19. The molecule has 0 amide bonds. The monoisotopic (exact) mass is 376 g/mol. The third kappa shape index (κ3) is 5.11. The Balaban J connectivity index is 1.76. The number of nitrogens with zero attached hydrogens (tertiary/aromatic N) is 2. The molecule has 0 bridgehead atoms. The zero-order chi connectivity index (χ0) is 19.9. The van der Waals surface area contributed by atoms with Gasteiger partial charge in [0, 0.05) is 23.6 Å². The zero-order valence-electron chi connectivity index (χ0n) is 16.1. The maximum atomic E-state index is 14.5. The highest BCUT2D eigenvalue weighted by molar-refractivity contribution is 5.84. The van der Waals surface area contributed by atoms with Crippen LogP contribution in [0.1, 0.15) is 37.6 Å². The molecule has 1 aromatic heterocycles. The number of rotatable bonds is 8. The van der Waals surface area contributed by atoms with Gasteiger partial charge in [-0.3, -0.25) is 0 Å². The van der Waals surface area contributed by atoms with Crippen LogP contribution >= 0.6 is 0 Å². The Hall–Kier alpha value is -2.85. The summed E-state index contributed by atoms with van der Waals surface area (Å²) < 4.78 is 14.5. The maximum Gasteiger partial charge on any atom is 0.132 e. The molecule has 1 N–H and O–H groups in total. The van der Waals surface area contributed by atoms with Crippen LogP contribution in [0, 0.1) is 5.82 Å². The van der Waals surface area contributed by atoms with Gasteiger partial charge in [-0.15, -0.1) is 6.58 Å². The van der Waals surface area contributed by atoms with Crippen molar-refractivity contribution in [1.82, 2.24) is 9.97 Å². The smallest absolute Gasteiger partial charge is 0.132 e. The minimum absolute atomic E-state index is 0.248. The van der Waals surface area contributed by atoms with E-state index < -0.39 is 0 Å². The first-order valence-electron chi connectivity index (χ1n) is 9.58. The van der Waals surface area contributed by atoms with Gasteiger partial charge in [-0.25, -0.2) is 14.4 Å². The summed E-state index contributed by atoms with van der Waals surface area (Å²) in [5, 5.41) is 10.2. The van der Waals surface area contributed by atoms with Crippen molar-refractivity contribution in [2.75, 3.05) is 0 Å². The molecule has 1 heterocycles. The van der Waals surface area contributed by atoms with E-state index in [-0.39, 0.29) is 11.9 Å². The van der Waals surface area contributed by atoms with Crippen molar-refractivity contribution in [1.29, 1.82) is 0 Å². The fourth-order valence-corrected chi connectivity index (χ4v) is 3.06. The standard InChI is InChI=1S/C24H25FN2O/c1-3-7-24-26-16-21-14-19(12-13-23(21)27-24)20-11-10-18(22(25)15-20)9-6-4-5-8-17(2)28/h3,6,9-17,28H,1,4-5,7-8H2,2H3. The molecule has 1 unspecified atom stereocenters. The Morgan fingerprint density at radius 1 is 1.18 bits per heavy atom. The van der Waals surface area contributed by atoms with E-state index in [0.717, 1.165) is 47.1 Å². The molecule has 0 saturated heterocycles. The van der Waals surface area contributed by atoms with Gasteiger partial charge in [-0.05, 0) is 55.5 Å². The molecule has 3 nitrogen and oxygen atoms in total. The van der Waals surface area contributed by atoms with Gasteiger partial charge in [0.05, 0.1) is 11.6 Å². The van der Waals surface area contributed by atoms with E-state index in [4.69, 9.17) is 0 Å². The van der Waals surface area contributed by atoms with Crippen molar-refractivity contribution in [2.24, 2.45) is 0 Å². The van der Waals surface area contributed by atoms with Gasteiger partial charge in [-0.1, -0.05) is 36.4 Å². The number of halogens is 1. The quantitative estimate of drug-likeness (QED) is 0.403. The summed E-state index contributed by atoms with van der Waals surface area (Å²) >= 11 is 0. The molecule has 0 spiro atoms. The van der Waals surface area contributed by atoms with Crippen LogP contribution in [0.25, 0.3) is 28.1 Å². The number of benzene rings is 2. The lowest BCUT2D eigenvalue weighted by Crippen LogP contribution is -1.97. The summed E-state index contributed by atoms with van der Waals surface area (Å²) in [6, 6.07) is 11.1. The summed E-state index contributed by atoms with van der Waals surface area (Å²) in [7, 11) is 0. The van der Waals surface area contributed by atoms with Crippen molar-refractivity contribution in [3.8, 4) is 11.1 Å². The third-order valence-electron chi connectivity index (χ3n) is 4.58. The van der Waals surface area contributed by atoms with Crippen LogP contribution in [0.5, 0.6) is 0 Å². The highest BCUT2D eigenvalue weighted by Crippen LogP contribution is 2.26. The number of allylic oxidation sites excluding steroid dienone is 2. The molecule has 0 aliphatic heterocycles. The van der Waals surface area contributed by atoms with Crippen molar-refractivity contribution in [3.63, 3.8) is 0 Å². The average molecular weight is 376 g/mol. The molecule has 3 aromatic rings. The van der Waals surface area contributed by atoms with E-state index in [1.807, 2.05) is 30.3 Å². The van der Waals surface area contributed by atoms with Crippen LogP contribution in [-0.4, -0.2) is 21.2 Å². The van der Waals surface area contributed by atoms with Gasteiger partial charge in [0.1, 0.15) is 11.6 Å². The first-order valence-corrected chi connectivity index (χ1v) is 9.58. The first-order chi connectivity index (χ1) is 13.6. The predicted molar refractivity (Wildman–Crippen MR) is 113 cm³/mol. The second kappa shape index (κ2) is 9.38. The minimum atomic E-state index is -0.287. The molecule has 0 fully saturated rings. The molecular weight excluding hydrogens is 351 g/mol. The lowest BCUT2D eigenvalue weighted by atomic mass is 10.0. The number of hydrogen-bond acceptors (Lipinski definition) is 3. The van der Waals surface area contributed by atoms with Gasteiger partial charge in [0.25, 0.3) is 0 Å². The Morgan fingerprint density at radius 3 is 2.71 bits per heavy atom. The third-order valence-corrected chi connectivity index (χ3v) is 4.58. The van der Waals surface area contributed by atoms with Gasteiger partial charge < -0.3 is 5.11 Å². The second-order valence-corrected chi connectivity index (χ2v) is 6.97.